The number of carbonyl (C=O) groups is 1. The van der Waals surface area contributed by atoms with Crippen LogP contribution >= 0.6 is 11.6 Å². The molecule has 0 unspecified atom stereocenters. The zero-order valence-electron chi connectivity index (χ0n) is 12.1. The minimum absolute atomic E-state index is 0.0846. The molecule has 5 heteroatoms. The molecule has 2 aromatic rings. The van der Waals surface area contributed by atoms with Gasteiger partial charge in [-0.15, -0.1) is 0 Å². The molecule has 4 nitrogen and oxygen atoms in total. The van der Waals surface area contributed by atoms with Crippen molar-refractivity contribution in [2.24, 2.45) is 0 Å². The lowest BCUT2D eigenvalue weighted by Crippen LogP contribution is -2.27. The first-order chi connectivity index (χ1) is 10.0. The number of amides is 1. The molecule has 1 aromatic heterocycles. The van der Waals surface area contributed by atoms with Gasteiger partial charge in [-0.1, -0.05) is 17.7 Å². The first-order valence-electron chi connectivity index (χ1n) is 6.78. The quantitative estimate of drug-likeness (QED) is 0.881. The molecule has 0 bridgehead atoms. The third-order valence-electron chi connectivity index (χ3n) is 2.96. The van der Waals surface area contributed by atoms with E-state index in [1.54, 1.807) is 24.3 Å². The molecule has 0 aliphatic carbocycles. The van der Waals surface area contributed by atoms with Crippen LogP contribution < -0.4 is 10.1 Å². The van der Waals surface area contributed by atoms with E-state index in [-0.39, 0.29) is 18.4 Å². The molecule has 1 amide bonds. The van der Waals surface area contributed by atoms with Crippen LogP contribution in [0.2, 0.25) is 5.02 Å². The molecule has 1 heterocycles. The molecule has 112 valence electrons. The second kappa shape index (κ2) is 7.18. The van der Waals surface area contributed by atoms with Gasteiger partial charge in [0.25, 0.3) is 0 Å². The van der Waals surface area contributed by atoms with Crippen molar-refractivity contribution >= 4 is 17.5 Å². The molecule has 1 N–H and O–H groups in total. The van der Waals surface area contributed by atoms with Crippen molar-refractivity contribution in [2.45, 2.75) is 26.3 Å². The molecule has 0 spiro atoms. The topological polar surface area (TPSA) is 51.5 Å². The molecule has 0 radical (unpaired) electrons. The Hall–Kier alpha value is -1.94. The third-order valence-corrected chi connectivity index (χ3v) is 3.19. The highest BCUT2D eigenvalue weighted by Gasteiger charge is 2.12. The minimum atomic E-state index is -0.155. The fourth-order valence-electron chi connectivity index (χ4n) is 1.89. The van der Waals surface area contributed by atoms with Gasteiger partial charge in [-0.25, -0.2) is 0 Å². The summed E-state index contributed by atoms with van der Waals surface area (Å²) in [7, 11) is 0. The Morgan fingerprint density at radius 1 is 1.38 bits per heavy atom. The van der Waals surface area contributed by atoms with Crippen molar-refractivity contribution in [1.82, 2.24) is 5.32 Å². The predicted octanol–water partition coefficient (Wildman–Crippen LogP) is 3.89. The number of carbonyl (C=O) groups excluding carboxylic acids is 1. The van der Waals surface area contributed by atoms with Gasteiger partial charge in [-0.05, 0) is 44.2 Å². The number of nitrogens with one attached hydrogen (secondary N) is 1. The Bertz CT molecular complexity index is 609. The second-order valence-corrected chi connectivity index (χ2v) is 5.23. The van der Waals surface area contributed by atoms with Crippen LogP contribution in [-0.4, -0.2) is 12.5 Å². The highest BCUT2D eigenvalue weighted by Crippen LogP contribution is 2.18. The Labute approximate surface area is 129 Å². The van der Waals surface area contributed by atoms with Crippen molar-refractivity contribution in [2.75, 3.05) is 6.61 Å². The van der Waals surface area contributed by atoms with Crippen molar-refractivity contribution in [3.63, 3.8) is 0 Å². The van der Waals surface area contributed by atoms with Crippen LogP contribution in [0, 0.1) is 6.92 Å². The smallest absolute Gasteiger partial charge is 0.224 e. The Morgan fingerprint density at radius 3 is 2.86 bits per heavy atom. The van der Waals surface area contributed by atoms with Gasteiger partial charge in [0, 0.05) is 5.02 Å². The molecule has 2 rings (SSSR count). The van der Waals surface area contributed by atoms with Gasteiger partial charge in [0.15, 0.2) is 0 Å². The van der Waals surface area contributed by atoms with Gasteiger partial charge in [-0.2, -0.15) is 0 Å². The normalized spacial score (nSPS) is 12.0. The van der Waals surface area contributed by atoms with Gasteiger partial charge in [0.1, 0.15) is 17.3 Å². The monoisotopic (exact) mass is 307 g/mol. The summed E-state index contributed by atoms with van der Waals surface area (Å²) < 4.78 is 11.0. The molecular weight excluding hydrogens is 290 g/mol. The maximum Gasteiger partial charge on any atom is 0.224 e. The van der Waals surface area contributed by atoms with Gasteiger partial charge < -0.3 is 14.5 Å². The highest BCUT2D eigenvalue weighted by molar-refractivity contribution is 6.30. The van der Waals surface area contributed by atoms with E-state index in [4.69, 9.17) is 20.8 Å². The summed E-state index contributed by atoms with van der Waals surface area (Å²) in [4.78, 5) is 11.8. The summed E-state index contributed by atoms with van der Waals surface area (Å²) >= 11 is 5.86. The summed E-state index contributed by atoms with van der Waals surface area (Å²) in [6, 6.07) is 10.7. The van der Waals surface area contributed by atoms with E-state index in [1.165, 1.54) is 0 Å². The number of halogens is 1. The highest BCUT2D eigenvalue weighted by atomic mass is 35.5. The standard InChI is InChI=1S/C16H18ClNO3/c1-11-6-7-15(21-11)12(2)18-16(19)8-9-20-14-5-3-4-13(17)10-14/h3-7,10,12H,8-9H2,1-2H3,(H,18,19)/t12-/m1/s1. The average molecular weight is 308 g/mol. The summed E-state index contributed by atoms with van der Waals surface area (Å²) in [6.07, 6.45) is 0.274. The number of furan rings is 1. The molecule has 0 saturated heterocycles. The van der Waals surface area contributed by atoms with Crippen molar-refractivity contribution in [3.8, 4) is 5.75 Å². The van der Waals surface area contributed by atoms with E-state index in [0.717, 1.165) is 11.5 Å². The van der Waals surface area contributed by atoms with Crippen LogP contribution in [0.25, 0.3) is 0 Å². The zero-order chi connectivity index (χ0) is 15.2. The van der Waals surface area contributed by atoms with E-state index < -0.39 is 0 Å². The SMILES string of the molecule is Cc1ccc([C@@H](C)NC(=O)CCOc2cccc(Cl)c2)o1. The van der Waals surface area contributed by atoms with E-state index in [1.807, 2.05) is 26.0 Å². The summed E-state index contributed by atoms with van der Waals surface area (Å²) in [5, 5.41) is 3.48. The first-order valence-corrected chi connectivity index (χ1v) is 7.16. The Kier molecular flexibility index (Phi) is 5.28. The van der Waals surface area contributed by atoms with Crippen LogP contribution in [0.1, 0.15) is 30.9 Å². The van der Waals surface area contributed by atoms with Crippen molar-refractivity contribution in [3.05, 3.63) is 52.9 Å². The van der Waals surface area contributed by atoms with Gasteiger partial charge >= 0.3 is 0 Å². The van der Waals surface area contributed by atoms with E-state index >= 15 is 0 Å². The molecule has 21 heavy (non-hydrogen) atoms. The fraction of sp³-hybridized carbons (Fsp3) is 0.312. The lowest BCUT2D eigenvalue weighted by atomic mass is 10.2. The van der Waals surface area contributed by atoms with Crippen molar-refractivity contribution in [1.29, 1.82) is 0 Å². The molecule has 1 aromatic carbocycles. The fourth-order valence-corrected chi connectivity index (χ4v) is 2.07. The minimum Gasteiger partial charge on any atom is -0.493 e. The average Bonchev–Trinajstić information content (AvgIpc) is 2.85. The van der Waals surface area contributed by atoms with E-state index in [9.17, 15) is 4.79 Å². The zero-order valence-corrected chi connectivity index (χ0v) is 12.8. The Morgan fingerprint density at radius 2 is 2.19 bits per heavy atom. The lowest BCUT2D eigenvalue weighted by Gasteiger charge is -2.12. The van der Waals surface area contributed by atoms with E-state index in [0.29, 0.717) is 17.4 Å². The number of hydrogen-bond donors (Lipinski definition) is 1. The second-order valence-electron chi connectivity index (χ2n) is 4.79. The summed E-state index contributed by atoms with van der Waals surface area (Å²) in [5.74, 6) is 2.15. The molecular formula is C16H18ClNO3. The van der Waals surface area contributed by atoms with E-state index in [2.05, 4.69) is 5.32 Å². The number of ether oxygens (including phenoxy) is 1. The van der Waals surface area contributed by atoms with Crippen LogP contribution in [0.3, 0.4) is 0 Å². The van der Waals surface area contributed by atoms with Gasteiger partial charge in [0.2, 0.25) is 5.91 Å². The van der Waals surface area contributed by atoms with Crippen LogP contribution in [-0.2, 0) is 4.79 Å². The summed E-state index contributed by atoms with van der Waals surface area (Å²) in [5.41, 5.74) is 0. The summed E-state index contributed by atoms with van der Waals surface area (Å²) in [6.45, 7) is 4.06. The number of hydrogen-bond acceptors (Lipinski definition) is 3. The first kappa shape index (κ1) is 15.4. The number of rotatable bonds is 6. The largest absolute Gasteiger partial charge is 0.493 e. The number of aryl methyl sites for hydroxylation is 1. The van der Waals surface area contributed by atoms with Crippen LogP contribution in [0.4, 0.5) is 0 Å². The lowest BCUT2D eigenvalue weighted by molar-refractivity contribution is -0.122. The predicted molar refractivity (Wildman–Crippen MR) is 81.6 cm³/mol. The molecule has 0 aliphatic heterocycles. The third kappa shape index (κ3) is 4.83. The van der Waals surface area contributed by atoms with Gasteiger partial charge in [0.05, 0.1) is 19.1 Å². The maximum atomic E-state index is 11.8. The molecule has 0 fully saturated rings. The van der Waals surface area contributed by atoms with Gasteiger partial charge in [-0.3, -0.25) is 4.79 Å². The number of benzene rings is 1. The van der Waals surface area contributed by atoms with Crippen molar-refractivity contribution < 1.29 is 13.9 Å². The Balaban J connectivity index is 1.75. The maximum absolute atomic E-state index is 11.8. The molecule has 1 atom stereocenters. The van der Waals surface area contributed by atoms with Crippen LogP contribution in [0.15, 0.2) is 40.8 Å². The molecule has 0 saturated carbocycles. The molecule has 0 aliphatic rings. The van der Waals surface area contributed by atoms with Crippen LogP contribution in [0.5, 0.6) is 5.75 Å².